The van der Waals surface area contributed by atoms with Crippen LogP contribution in [0.5, 0.6) is 0 Å². The van der Waals surface area contributed by atoms with E-state index in [2.05, 4.69) is 24.4 Å². The van der Waals surface area contributed by atoms with E-state index in [9.17, 15) is 9.59 Å². The van der Waals surface area contributed by atoms with Crippen molar-refractivity contribution >= 4 is 11.8 Å². The maximum absolute atomic E-state index is 12.6. The first-order chi connectivity index (χ1) is 13.7. The Kier molecular flexibility index (Phi) is 10.0. The van der Waals surface area contributed by atoms with Crippen LogP contribution in [0.2, 0.25) is 0 Å². The average Bonchev–Trinajstić information content (AvgIpc) is 3.20. The van der Waals surface area contributed by atoms with Crippen LogP contribution in [-0.2, 0) is 20.7 Å². The fourth-order valence-electron chi connectivity index (χ4n) is 3.96. The second-order valence-electron chi connectivity index (χ2n) is 7.67. The molecule has 28 heavy (non-hydrogen) atoms. The molecule has 0 aliphatic carbocycles. The van der Waals surface area contributed by atoms with Gasteiger partial charge in [-0.15, -0.1) is 0 Å². The van der Waals surface area contributed by atoms with E-state index in [1.165, 1.54) is 18.4 Å². The first-order valence-corrected chi connectivity index (χ1v) is 10.8. The number of ether oxygens (including phenoxy) is 1. The number of carbonyl (C=O) groups is 2. The summed E-state index contributed by atoms with van der Waals surface area (Å²) in [6.45, 7) is 3.57. The minimum Gasteiger partial charge on any atom is -0.379 e. The molecule has 0 saturated carbocycles. The van der Waals surface area contributed by atoms with Gasteiger partial charge in [0, 0.05) is 26.6 Å². The largest absolute Gasteiger partial charge is 0.379 e. The van der Waals surface area contributed by atoms with Gasteiger partial charge >= 0.3 is 0 Å². The van der Waals surface area contributed by atoms with Crippen molar-refractivity contribution in [1.82, 2.24) is 10.2 Å². The lowest BCUT2D eigenvalue weighted by molar-refractivity contribution is -0.136. The van der Waals surface area contributed by atoms with Crippen LogP contribution >= 0.6 is 0 Å². The number of benzene rings is 1. The molecule has 0 radical (unpaired) electrons. The van der Waals surface area contributed by atoms with Crippen molar-refractivity contribution in [2.75, 3.05) is 20.2 Å². The molecule has 1 aromatic carbocycles. The van der Waals surface area contributed by atoms with Crippen molar-refractivity contribution in [3.8, 4) is 0 Å². The summed E-state index contributed by atoms with van der Waals surface area (Å²) in [6.07, 6.45) is 7.80. The fourth-order valence-corrected chi connectivity index (χ4v) is 3.96. The van der Waals surface area contributed by atoms with Crippen LogP contribution in [0.4, 0.5) is 0 Å². The molecular weight excluding hydrogens is 352 g/mol. The quantitative estimate of drug-likeness (QED) is 0.555. The summed E-state index contributed by atoms with van der Waals surface area (Å²) in [5.41, 5.74) is 1.21. The zero-order chi connectivity index (χ0) is 20.2. The van der Waals surface area contributed by atoms with E-state index in [1.807, 2.05) is 23.1 Å². The smallest absolute Gasteiger partial charge is 0.222 e. The first kappa shape index (κ1) is 22.4. The Morgan fingerprint density at radius 3 is 2.71 bits per heavy atom. The Bertz CT molecular complexity index is 591. The highest BCUT2D eigenvalue weighted by Crippen LogP contribution is 2.25. The van der Waals surface area contributed by atoms with Gasteiger partial charge in [-0.05, 0) is 31.2 Å². The Morgan fingerprint density at radius 1 is 1.21 bits per heavy atom. The van der Waals surface area contributed by atoms with Crippen molar-refractivity contribution in [3.63, 3.8) is 0 Å². The third kappa shape index (κ3) is 7.27. The van der Waals surface area contributed by atoms with Gasteiger partial charge in [0.25, 0.3) is 0 Å². The summed E-state index contributed by atoms with van der Waals surface area (Å²) in [6, 6.07) is 10.1. The molecule has 0 spiro atoms. The lowest BCUT2D eigenvalue weighted by Crippen LogP contribution is -2.45. The van der Waals surface area contributed by atoms with E-state index in [0.29, 0.717) is 19.4 Å². The van der Waals surface area contributed by atoms with Gasteiger partial charge in [-0.1, -0.05) is 56.5 Å². The van der Waals surface area contributed by atoms with Crippen LogP contribution in [0, 0.1) is 0 Å². The minimum atomic E-state index is -0.237. The monoisotopic (exact) mass is 388 g/mol. The van der Waals surface area contributed by atoms with Crippen LogP contribution in [0.3, 0.4) is 0 Å². The van der Waals surface area contributed by atoms with Crippen molar-refractivity contribution < 1.29 is 14.3 Å². The molecule has 156 valence electrons. The summed E-state index contributed by atoms with van der Waals surface area (Å²) >= 11 is 0. The van der Waals surface area contributed by atoms with Gasteiger partial charge in [-0.25, -0.2) is 0 Å². The molecule has 2 unspecified atom stereocenters. The Hall–Kier alpha value is -1.88. The number of likely N-dealkylation sites (tertiary alicyclic amines) is 1. The molecule has 1 fully saturated rings. The van der Waals surface area contributed by atoms with Crippen LogP contribution in [0.1, 0.15) is 63.9 Å². The van der Waals surface area contributed by atoms with Crippen LogP contribution in [0.15, 0.2) is 30.3 Å². The van der Waals surface area contributed by atoms with Crippen molar-refractivity contribution in [2.24, 2.45) is 0 Å². The number of amides is 2. The molecule has 1 saturated heterocycles. The van der Waals surface area contributed by atoms with Gasteiger partial charge in [-0.3, -0.25) is 9.59 Å². The van der Waals surface area contributed by atoms with E-state index >= 15 is 0 Å². The second kappa shape index (κ2) is 12.6. The molecule has 5 heteroatoms. The van der Waals surface area contributed by atoms with E-state index in [1.54, 1.807) is 7.11 Å². The lowest BCUT2D eigenvalue weighted by Gasteiger charge is -2.30. The maximum Gasteiger partial charge on any atom is 0.222 e. The molecule has 1 aromatic rings. The first-order valence-electron chi connectivity index (χ1n) is 10.8. The number of carbonyl (C=O) groups excluding carboxylic acids is 2. The number of methoxy groups -OCH3 is 1. The van der Waals surface area contributed by atoms with E-state index in [-0.39, 0.29) is 24.0 Å². The number of rotatable bonds is 12. The van der Waals surface area contributed by atoms with E-state index in [4.69, 9.17) is 4.74 Å². The molecule has 1 heterocycles. The van der Waals surface area contributed by atoms with Crippen molar-refractivity contribution in [2.45, 2.75) is 76.9 Å². The summed E-state index contributed by atoms with van der Waals surface area (Å²) in [5.74, 6) is 0.204. The van der Waals surface area contributed by atoms with Crippen molar-refractivity contribution in [3.05, 3.63) is 35.9 Å². The summed E-state index contributed by atoms with van der Waals surface area (Å²) in [7, 11) is 1.64. The molecule has 1 N–H and O–H groups in total. The van der Waals surface area contributed by atoms with Crippen LogP contribution < -0.4 is 5.32 Å². The standard InChI is InChI=1S/C23H36N2O3/c1-3-4-5-9-14-23(27)25-17-10-13-20(25)21(28-2)18-22(26)24-16-15-19-11-7-6-8-12-19/h6-8,11-12,20-21H,3-5,9-10,13-18H2,1-2H3,(H,24,26). The minimum absolute atomic E-state index is 0.00924. The number of nitrogens with one attached hydrogen (secondary N) is 1. The molecule has 5 nitrogen and oxygen atoms in total. The number of nitrogens with zero attached hydrogens (tertiary/aromatic N) is 1. The van der Waals surface area contributed by atoms with Gasteiger partial charge in [-0.2, -0.15) is 0 Å². The number of hydrogen-bond donors (Lipinski definition) is 1. The SMILES string of the molecule is CCCCCCC(=O)N1CCCC1C(CC(=O)NCCc1ccccc1)OC. The zero-order valence-corrected chi connectivity index (χ0v) is 17.5. The number of hydrogen-bond acceptors (Lipinski definition) is 3. The topological polar surface area (TPSA) is 58.6 Å². The van der Waals surface area contributed by atoms with E-state index < -0.39 is 0 Å². The Morgan fingerprint density at radius 2 is 2.00 bits per heavy atom. The highest BCUT2D eigenvalue weighted by molar-refractivity contribution is 5.78. The molecule has 0 aromatic heterocycles. The van der Waals surface area contributed by atoms with Gasteiger partial charge in [0.15, 0.2) is 0 Å². The molecular formula is C23H36N2O3. The molecule has 1 aliphatic heterocycles. The second-order valence-corrected chi connectivity index (χ2v) is 7.67. The maximum atomic E-state index is 12.6. The zero-order valence-electron chi connectivity index (χ0n) is 17.5. The fraction of sp³-hybridized carbons (Fsp3) is 0.652. The molecule has 2 amide bonds. The van der Waals surface area contributed by atoms with Crippen molar-refractivity contribution in [1.29, 1.82) is 0 Å². The Labute approximate surface area is 169 Å². The predicted molar refractivity (Wildman–Crippen MR) is 112 cm³/mol. The van der Waals surface area contributed by atoms with Gasteiger partial charge in [0.1, 0.15) is 0 Å². The van der Waals surface area contributed by atoms with Crippen LogP contribution in [-0.4, -0.2) is 49.1 Å². The van der Waals surface area contributed by atoms with Gasteiger partial charge < -0.3 is 15.0 Å². The summed E-state index contributed by atoms with van der Waals surface area (Å²) in [5, 5.41) is 2.99. The third-order valence-corrected chi connectivity index (χ3v) is 5.56. The normalized spacial score (nSPS) is 17.5. The lowest BCUT2D eigenvalue weighted by atomic mass is 10.0. The average molecular weight is 389 g/mol. The van der Waals surface area contributed by atoms with Gasteiger partial charge in [0.2, 0.25) is 11.8 Å². The number of unbranched alkanes of at least 4 members (excludes halogenated alkanes) is 3. The molecule has 2 atom stereocenters. The summed E-state index contributed by atoms with van der Waals surface area (Å²) in [4.78, 5) is 27.0. The van der Waals surface area contributed by atoms with E-state index in [0.717, 1.165) is 38.6 Å². The molecule has 1 aliphatic rings. The summed E-state index contributed by atoms with van der Waals surface area (Å²) < 4.78 is 5.64. The molecule has 2 rings (SSSR count). The van der Waals surface area contributed by atoms with Crippen LogP contribution in [0.25, 0.3) is 0 Å². The highest BCUT2D eigenvalue weighted by Gasteiger charge is 2.35. The third-order valence-electron chi connectivity index (χ3n) is 5.56. The highest BCUT2D eigenvalue weighted by atomic mass is 16.5. The Balaban J connectivity index is 1.78. The van der Waals surface area contributed by atoms with Gasteiger partial charge in [0.05, 0.1) is 18.6 Å². The predicted octanol–water partition coefficient (Wildman–Crippen LogP) is 3.71. The molecule has 0 bridgehead atoms.